The number of nitrogens with zero attached hydrogens (tertiary/aromatic N) is 1. The van der Waals surface area contributed by atoms with Gasteiger partial charge in [0.05, 0.1) is 5.41 Å². The van der Waals surface area contributed by atoms with Gasteiger partial charge in [-0.05, 0) is 37.9 Å². The van der Waals surface area contributed by atoms with Crippen LogP contribution in [0.3, 0.4) is 0 Å². The van der Waals surface area contributed by atoms with E-state index in [0.29, 0.717) is 18.5 Å². The first kappa shape index (κ1) is 14.0. The van der Waals surface area contributed by atoms with Crippen molar-refractivity contribution >= 4 is 5.91 Å². The summed E-state index contributed by atoms with van der Waals surface area (Å²) in [5, 5.41) is 3.08. The highest BCUT2D eigenvalue weighted by molar-refractivity contribution is 5.85. The number of benzene rings is 1. The fourth-order valence-corrected chi connectivity index (χ4v) is 2.45. The van der Waals surface area contributed by atoms with Gasteiger partial charge in [-0.1, -0.05) is 18.2 Å². The molecule has 3 nitrogen and oxygen atoms in total. The van der Waals surface area contributed by atoms with Crippen LogP contribution in [0.4, 0.5) is 4.39 Å². The number of hydrogen-bond donors (Lipinski definition) is 1. The predicted octanol–water partition coefficient (Wildman–Crippen LogP) is 1.83. The maximum absolute atomic E-state index is 13.5. The summed E-state index contributed by atoms with van der Waals surface area (Å²) >= 11 is 0. The van der Waals surface area contributed by atoms with Crippen molar-refractivity contribution < 1.29 is 9.18 Å². The molecule has 1 amide bonds. The smallest absolute Gasteiger partial charge is 0.229 e. The zero-order chi connectivity index (χ0) is 13.9. The number of rotatable bonds is 6. The minimum absolute atomic E-state index is 0.179. The standard InChI is InChI=1S/C15H21FN2O/c1-17-11-15(8-9-15)14(19)18(2)10-7-12-5-3-4-6-13(12)16/h3-6,17H,7-11H2,1-2H3. The zero-order valence-corrected chi connectivity index (χ0v) is 11.6. The summed E-state index contributed by atoms with van der Waals surface area (Å²) < 4.78 is 13.5. The Labute approximate surface area is 113 Å². The van der Waals surface area contributed by atoms with E-state index in [9.17, 15) is 9.18 Å². The number of halogens is 1. The second-order valence-corrected chi connectivity index (χ2v) is 5.38. The Kier molecular flexibility index (Phi) is 4.20. The Morgan fingerprint density at radius 2 is 2.11 bits per heavy atom. The summed E-state index contributed by atoms with van der Waals surface area (Å²) in [6.45, 7) is 1.29. The van der Waals surface area contributed by atoms with E-state index in [4.69, 9.17) is 0 Å². The topological polar surface area (TPSA) is 32.3 Å². The molecule has 1 saturated carbocycles. The molecule has 0 bridgehead atoms. The number of amides is 1. The van der Waals surface area contributed by atoms with E-state index in [2.05, 4.69) is 5.32 Å². The van der Waals surface area contributed by atoms with Crippen molar-refractivity contribution in [2.24, 2.45) is 5.41 Å². The lowest BCUT2D eigenvalue weighted by Gasteiger charge is -2.23. The molecule has 0 heterocycles. The van der Waals surface area contributed by atoms with Crippen LogP contribution in [-0.4, -0.2) is 38.0 Å². The molecule has 0 saturated heterocycles. The Morgan fingerprint density at radius 3 is 2.68 bits per heavy atom. The molecule has 1 fully saturated rings. The van der Waals surface area contributed by atoms with Crippen molar-refractivity contribution in [3.05, 3.63) is 35.6 Å². The third-order valence-electron chi connectivity index (χ3n) is 3.84. The Bertz CT molecular complexity index is 457. The van der Waals surface area contributed by atoms with Crippen molar-refractivity contribution in [3.8, 4) is 0 Å². The van der Waals surface area contributed by atoms with Gasteiger partial charge in [-0.15, -0.1) is 0 Å². The molecule has 0 spiro atoms. The second-order valence-electron chi connectivity index (χ2n) is 5.38. The summed E-state index contributed by atoms with van der Waals surface area (Å²) in [4.78, 5) is 14.0. The first-order valence-corrected chi connectivity index (χ1v) is 6.73. The van der Waals surface area contributed by atoms with Crippen LogP contribution >= 0.6 is 0 Å². The fourth-order valence-electron chi connectivity index (χ4n) is 2.45. The van der Waals surface area contributed by atoms with E-state index in [-0.39, 0.29) is 17.1 Å². The van der Waals surface area contributed by atoms with Gasteiger partial charge in [0.2, 0.25) is 5.91 Å². The van der Waals surface area contributed by atoms with Crippen molar-refractivity contribution in [1.82, 2.24) is 10.2 Å². The third-order valence-corrected chi connectivity index (χ3v) is 3.84. The summed E-state index contributed by atoms with van der Waals surface area (Å²) in [7, 11) is 3.67. The third kappa shape index (κ3) is 3.13. The normalized spacial score (nSPS) is 16.2. The molecular formula is C15H21FN2O. The zero-order valence-electron chi connectivity index (χ0n) is 11.6. The second kappa shape index (κ2) is 5.70. The molecule has 0 aromatic heterocycles. The average molecular weight is 264 g/mol. The van der Waals surface area contributed by atoms with E-state index in [1.165, 1.54) is 6.07 Å². The minimum atomic E-state index is -0.196. The highest BCUT2D eigenvalue weighted by Gasteiger charge is 2.50. The van der Waals surface area contributed by atoms with Gasteiger partial charge in [0.15, 0.2) is 0 Å². The molecule has 0 aliphatic heterocycles. The molecule has 0 radical (unpaired) electrons. The van der Waals surface area contributed by atoms with Crippen molar-refractivity contribution in [2.45, 2.75) is 19.3 Å². The van der Waals surface area contributed by atoms with E-state index >= 15 is 0 Å². The molecule has 0 atom stereocenters. The molecule has 19 heavy (non-hydrogen) atoms. The highest BCUT2D eigenvalue weighted by Crippen LogP contribution is 2.46. The summed E-state index contributed by atoms with van der Waals surface area (Å²) in [6, 6.07) is 6.73. The van der Waals surface area contributed by atoms with Crippen LogP contribution in [0.2, 0.25) is 0 Å². The first-order valence-electron chi connectivity index (χ1n) is 6.73. The van der Waals surface area contributed by atoms with Crippen LogP contribution in [0.5, 0.6) is 0 Å². The van der Waals surface area contributed by atoms with Crippen molar-refractivity contribution in [1.29, 1.82) is 0 Å². The van der Waals surface area contributed by atoms with Crippen LogP contribution in [0.1, 0.15) is 18.4 Å². The molecule has 1 aromatic rings. The van der Waals surface area contributed by atoms with E-state index < -0.39 is 0 Å². The first-order chi connectivity index (χ1) is 9.09. The van der Waals surface area contributed by atoms with Gasteiger partial charge in [0.25, 0.3) is 0 Å². The molecule has 2 rings (SSSR count). The Hall–Kier alpha value is -1.42. The molecule has 1 N–H and O–H groups in total. The fraction of sp³-hybridized carbons (Fsp3) is 0.533. The van der Waals surface area contributed by atoms with Crippen LogP contribution in [0.15, 0.2) is 24.3 Å². The minimum Gasteiger partial charge on any atom is -0.345 e. The summed E-state index contributed by atoms with van der Waals surface area (Å²) in [5.41, 5.74) is 0.472. The van der Waals surface area contributed by atoms with Gasteiger partial charge >= 0.3 is 0 Å². The molecule has 4 heteroatoms. The van der Waals surface area contributed by atoms with Gasteiger partial charge in [-0.3, -0.25) is 4.79 Å². The van der Waals surface area contributed by atoms with E-state index in [1.807, 2.05) is 13.1 Å². The summed E-state index contributed by atoms with van der Waals surface area (Å²) in [5.74, 6) is -0.0158. The van der Waals surface area contributed by atoms with Gasteiger partial charge in [0.1, 0.15) is 5.82 Å². The lowest BCUT2D eigenvalue weighted by Crippen LogP contribution is -2.39. The molecule has 1 aliphatic carbocycles. The van der Waals surface area contributed by atoms with Gasteiger partial charge in [-0.25, -0.2) is 4.39 Å². The van der Waals surface area contributed by atoms with Crippen LogP contribution in [0.25, 0.3) is 0 Å². The van der Waals surface area contributed by atoms with Crippen LogP contribution in [0, 0.1) is 11.2 Å². The van der Waals surface area contributed by atoms with Crippen molar-refractivity contribution in [3.63, 3.8) is 0 Å². The Morgan fingerprint density at radius 1 is 1.42 bits per heavy atom. The van der Waals surface area contributed by atoms with E-state index in [1.54, 1.807) is 24.1 Å². The van der Waals surface area contributed by atoms with Gasteiger partial charge < -0.3 is 10.2 Å². The number of nitrogens with one attached hydrogen (secondary N) is 1. The lowest BCUT2D eigenvalue weighted by atomic mass is 10.1. The molecule has 0 unspecified atom stereocenters. The number of hydrogen-bond acceptors (Lipinski definition) is 2. The highest BCUT2D eigenvalue weighted by atomic mass is 19.1. The van der Waals surface area contributed by atoms with Crippen LogP contribution < -0.4 is 5.32 Å². The average Bonchev–Trinajstić information content (AvgIpc) is 3.18. The lowest BCUT2D eigenvalue weighted by molar-refractivity contribution is -0.135. The van der Waals surface area contributed by atoms with Gasteiger partial charge in [-0.2, -0.15) is 0 Å². The molecule has 1 aromatic carbocycles. The quantitative estimate of drug-likeness (QED) is 0.850. The predicted molar refractivity (Wildman–Crippen MR) is 73.3 cm³/mol. The molecule has 104 valence electrons. The van der Waals surface area contributed by atoms with E-state index in [0.717, 1.165) is 19.4 Å². The van der Waals surface area contributed by atoms with Crippen molar-refractivity contribution in [2.75, 3.05) is 27.2 Å². The largest absolute Gasteiger partial charge is 0.345 e. The summed E-state index contributed by atoms with van der Waals surface area (Å²) in [6.07, 6.45) is 2.47. The van der Waals surface area contributed by atoms with Crippen LogP contribution in [-0.2, 0) is 11.2 Å². The SMILES string of the molecule is CNCC1(C(=O)N(C)CCc2ccccc2F)CC1. The maximum Gasteiger partial charge on any atom is 0.229 e. The maximum atomic E-state index is 13.5. The number of likely N-dealkylation sites (N-methyl/N-ethyl adjacent to an activating group) is 1. The number of carbonyl (C=O) groups is 1. The monoisotopic (exact) mass is 264 g/mol. The van der Waals surface area contributed by atoms with Gasteiger partial charge in [0, 0.05) is 20.1 Å². The molecular weight excluding hydrogens is 243 g/mol. The Balaban J connectivity index is 1.90. The molecule has 1 aliphatic rings. The number of carbonyl (C=O) groups excluding carboxylic acids is 1.